The van der Waals surface area contributed by atoms with E-state index in [0.717, 1.165) is 84.5 Å². The van der Waals surface area contributed by atoms with Crippen molar-refractivity contribution in [3.05, 3.63) is 83.6 Å². The maximum atomic E-state index is 11.8. The van der Waals surface area contributed by atoms with Gasteiger partial charge in [-0.05, 0) is 85.7 Å². The zero-order chi connectivity index (χ0) is 26.3. The van der Waals surface area contributed by atoms with E-state index in [1.165, 1.54) is 11.1 Å². The highest BCUT2D eigenvalue weighted by molar-refractivity contribution is 5.96. The van der Waals surface area contributed by atoms with Crippen LogP contribution in [0.25, 0.3) is 39.1 Å². The Morgan fingerprint density at radius 3 is 2.69 bits per heavy atom. The van der Waals surface area contributed by atoms with E-state index in [0.29, 0.717) is 5.56 Å². The van der Waals surface area contributed by atoms with Crippen molar-refractivity contribution in [2.75, 3.05) is 13.2 Å². The first-order chi connectivity index (χ1) is 19.1. The summed E-state index contributed by atoms with van der Waals surface area (Å²) in [6.45, 7) is 4.22. The van der Waals surface area contributed by atoms with Crippen LogP contribution in [-0.2, 0) is 17.7 Å². The number of benzene rings is 3. The van der Waals surface area contributed by atoms with Crippen LogP contribution in [0.3, 0.4) is 0 Å². The second kappa shape index (κ2) is 9.87. The first-order valence-corrected chi connectivity index (χ1v) is 13.6. The summed E-state index contributed by atoms with van der Waals surface area (Å²) in [7, 11) is 0. The lowest BCUT2D eigenvalue weighted by Crippen LogP contribution is -2.23. The Labute approximate surface area is 226 Å². The van der Waals surface area contributed by atoms with E-state index in [1.807, 2.05) is 39.8 Å². The van der Waals surface area contributed by atoms with Gasteiger partial charge in [-0.3, -0.25) is 4.79 Å². The van der Waals surface area contributed by atoms with Crippen molar-refractivity contribution in [3.8, 4) is 28.2 Å². The normalized spacial score (nSPS) is 17.3. The lowest BCUT2D eigenvalue weighted by molar-refractivity contribution is -0.0365. The second-order valence-electron chi connectivity index (χ2n) is 10.4. The van der Waals surface area contributed by atoms with Gasteiger partial charge in [0.1, 0.15) is 11.4 Å². The number of rotatable bonds is 5. The van der Waals surface area contributed by atoms with Crippen LogP contribution < -0.4 is 5.32 Å². The number of hydrogen-bond acceptors (Lipinski definition) is 6. The summed E-state index contributed by atoms with van der Waals surface area (Å²) in [5, 5.41) is 18.5. The summed E-state index contributed by atoms with van der Waals surface area (Å²) < 4.78 is 9.96. The zero-order valence-corrected chi connectivity index (χ0v) is 21.9. The zero-order valence-electron chi connectivity index (χ0n) is 21.9. The standard InChI is InChI=1S/C31H30N6O2/c1-20(38)21-5-7-22(8-6-21)24-10-12-29-27(17-24)31(34-37(29)30-4-2-3-15-39-30)28-19-36(35-33-28)26-11-9-23-13-14-32-18-25(23)16-26/h5-12,16-17,19,30,32H,2-4,13-15,18H2,1H3. The van der Waals surface area contributed by atoms with Gasteiger partial charge >= 0.3 is 0 Å². The van der Waals surface area contributed by atoms with E-state index >= 15 is 0 Å². The number of hydrogen-bond donors (Lipinski definition) is 1. The van der Waals surface area contributed by atoms with E-state index < -0.39 is 0 Å². The van der Waals surface area contributed by atoms with Crippen LogP contribution in [0.15, 0.2) is 66.9 Å². The van der Waals surface area contributed by atoms with Gasteiger partial charge in [0.15, 0.2) is 12.0 Å². The Morgan fingerprint density at radius 2 is 1.87 bits per heavy atom. The average molecular weight is 519 g/mol. The highest BCUT2D eigenvalue weighted by Gasteiger charge is 2.23. The van der Waals surface area contributed by atoms with Crippen LogP contribution >= 0.6 is 0 Å². The molecule has 0 amide bonds. The molecule has 0 radical (unpaired) electrons. The third-order valence-corrected chi connectivity index (χ3v) is 7.84. The Morgan fingerprint density at radius 1 is 1.00 bits per heavy atom. The molecule has 39 heavy (non-hydrogen) atoms. The Bertz CT molecular complexity index is 1680. The fourth-order valence-corrected chi connectivity index (χ4v) is 5.65. The van der Waals surface area contributed by atoms with Gasteiger partial charge in [-0.1, -0.05) is 41.6 Å². The summed E-state index contributed by atoms with van der Waals surface area (Å²) in [5.74, 6) is 0.0614. The number of carbonyl (C=O) groups excluding carboxylic acids is 1. The summed E-state index contributed by atoms with van der Waals surface area (Å²) in [5.41, 5.74) is 8.99. The molecular weight excluding hydrogens is 488 g/mol. The van der Waals surface area contributed by atoms with Crippen LogP contribution in [0.4, 0.5) is 0 Å². The molecule has 1 N–H and O–H groups in total. The van der Waals surface area contributed by atoms with Gasteiger partial charge in [-0.25, -0.2) is 9.36 Å². The lowest BCUT2D eigenvalue weighted by atomic mass is 10.0. The smallest absolute Gasteiger partial charge is 0.159 e. The molecule has 0 bridgehead atoms. The van der Waals surface area contributed by atoms with Crippen molar-refractivity contribution in [1.82, 2.24) is 30.1 Å². The van der Waals surface area contributed by atoms with Crippen LogP contribution in [0, 0.1) is 0 Å². The highest BCUT2D eigenvalue weighted by atomic mass is 16.5. The molecule has 1 saturated heterocycles. The van der Waals surface area contributed by atoms with E-state index in [4.69, 9.17) is 9.84 Å². The third-order valence-electron chi connectivity index (χ3n) is 7.84. The first kappa shape index (κ1) is 23.9. The Hall–Kier alpha value is -4.14. The number of nitrogens with zero attached hydrogens (tertiary/aromatic N) is 5. The minimum Gasteiger partial charge on any atom is -0.356 e. The maximum Gasteiger partial charge on any atom is 0.159 e. The average Bonchev–Trinajstić information content (AvgIpc) is 3.62. The summed E-state index contributed by atoms with van der Waals surface area (Å²) in [6.07, 6.45) is 6.03. The quantitative estimate of drug-likeness (QED) is 0.309. The molecule has 1 fully saturated rings. The van der Waals surface area contributed by atoms with E-state index in [9.17, 15) is 4.79 Å². The SMILES string of the molecule is CC(=O)c1ccc(-c2ccc3c(c2)c(-c2cn(-c4ccc5c(c4)CNCC5)nn2)nn3C2CCCCO2)cc1. The molecule has 4 heterocycles. The van der Waals surface area contributed by atoms with Crippen molar-refractivity contribution in [2.45, 2.75) is 45.4 Å². The fraction of sp³-hybridized carbons (Fsp3) is 0.290. The number of ether oxygens (including phenoxy) is 1. The van der Waals surface area contributed by atoms with Crippen molar-refractivity contribution in [2.24, 2.45) is 0 Å². The number of Topliss-reactive ketones (excluding diaryl/α,β-unsaturated/α-hetero) is 1. The van der Waals surface area contributed by atoms with E-state index in [1.54, 1.807) is 6.92 Å². The van der Waals surface area contributed by atoms with Crippen molar-refractivity contribution >= 4 is 16.7 Å². The van der Waals surface area contributed by atoms with Crippen LogP contribution in [0.1, 0.15) is 53.9 Å². The third kappa shape index (κ3) is 4.45. The van der Waals surface area contributed by atoms with Gasteiger partial charge in [0.05, 0.1) is 17.4 Å². The molecule has 5 aromatic rings. The second-order valence-corrected chi connectivity index (χ2v) is 10.4. The molecule has 1 atom stereocenters. The fourth-order valence-electron chi connectivity index (χ4n) is 5.65. The van der Waals surface area contributed by atoms with Crippen molar-refractivity contribution in [1.29, 1.82) is 0 Å². The molecule has 0 saturated carbocycles. The van der Waals surface area contributed by atoms with Gasteiger partial charge in [-0.15, -0.1) is 5.10 Å². The minimum absolute atomic E-state index is 0.0614. The Balaban J connectivity index is 1.31. The molecule has 8 nitrogen and oxygen atoms in total. The summed E-state index contributed by atoms with van der Waals surface area (Å²) in [4.78, 5) is 11.8. The molecular formula is C31H30N6O2. The monoisotopic (exact) mass is 518 g/mol. The van der Waals surface area contributed by atoms with Crippen LogP contribution in [-0.4, -0.2) is 43.7 Å². The summed E-state index contributed by atoms with van der Waals surface area (Å²) >= 11 is 0. The topological polar surface area (TPSA) is 86.9 Å². The number of fused-ring (bicyclic) bond motifs is 2. The van der Waals surface area contributed by atoms with Crippen LogP contribution in [0.5, 0.6) is 0 Å². The predicted molar refractivity (Wildman–Crippen MR) is 150 cm³/mol. The minimum atomic E-state index is -0.0982. The largest absolute Gasteiger partial charge is 0.356 e. The van der Waals surface area contributed by atoms with E-state index in [2.05, 4.69) is 52.0 Å². The van der Waals surface area contributed by atoms with Gasteiger partial charge < -0.3 is 10.1 Å². The predicted octanol–water partition coefficient (Wildman–Crippen LogP) is 5.50. The van der Waals surface area contributed by atoms with Crippen molar-refractivity contribution < 1.29 is 9.53 Å². The number of ketones is 1. The highest BCUT2D eigenvalue weighted by Crippen LogP contribution is 2.35. The molecule has 0 aliphatic carbocycles. The lowest BCUT2D eigenvalue weighted by Gasteiger charge is -2.23. The molecule has 3 aromatic carbocycles. The van der Waals surface area contributed by atoms with Gasteiger partial charge in [0.2, 0.25) is 0 Å². The Kier molecular flexibility index (Phi) is 6.06. The van der Waals surface area contributed by atoms with Gasteiger partial charge in [0.25, 0.3) is 0 Å². The summed E-state index contributed by atoms with van der Waals surface area (Å²) in [6, 6.07) is 20.6. The molecule has 0 spiro atoms. The number of aromatic nitrogens is 5. The molecule has 2 aromatic heterocycles. The first-order valence-electron chi connectivity index (χ1n) is 13.6. The number of nitrogens with one attached hydrogen (secondary N) is 1. The molecule has 2 aliphatic rings. The number of carbonyl (C=O) groups is 1. The molecule has 196 valence electrons. The molecule has 1 unspecified atom stereocenters. The molecule has 7 rings (SSSR count). The van der Waals surface area contributed by atoms with E-state index in [-0.39, 0.29) is 12.0 Å². The molecule has 8 heteroatoms. The van der Waals surface area contributed by atoms with Gasteiger partial charge in [-0.2, -0.15) is 5.10 Å². The van der Waals surface area contributed by atoms with Crippen LogP contribution in [0.2, 0.25) is 0 Å². The van der Waals surface area contributed by atoms with Crippen molar-refractivity contribution in [3.63, 3.8) is 0 Å². The molecule has 2 aliphatic heterocycles. The van der Waals surface area contributed by atoms with Gasteiger partial charge in [0, 0.05) is 24.1 Å². The maximum absolute atomic E-state index is 11.8.